The zero-order chi connectivity index (χ0) is 14.0. The Labute approximate surface area is 113 Å². The summed E-state index contributed by atoms with van der Waals surface area (Å²) in [4.78, 5) is 13.5. The van der Waals surface area contributed by atoms with Crippen LogP contribution in [0.4, 0.5) is 0 Å². The number of rotatable bonds is 4. The van der Waals surface area contributed by atoms with E-state index < -0.39 is 11.5 Å². The molecule has 2 unspecified atom stereocenters. The first-order valence-corrected chi connectivity index (χ1v) is 6.71. The van der Waals surface area contributed by atoms with Crippen molar-refractivity contribution in [1.29, 1.82) is 0 Å². The van der Waals surface area contributed by atoms with Crippen molar-refractivity contribution in [3.05, 3.63) is 29.8 Å². The molecule has 4 heteroatoms. The minimum atomic E-state index is -0.740. The molecule has 1 fully saturated rings. The number of hydrogen-bond acceptors (Lipinski definition) is 3. The van der Waals surface area contributed by atoms with Gasteiger partial charge >= 0.3 is 5.97 Å². The summed E-state index contributed by atoms with van der Waals surface area (Å²) in [7, 11) is 0. The van der Waals surface area contributed by atoms with E-state index in [-0.39, 0.29) is 11.8 Å². The highest BCUT2D eigenvalue weighted by molar-refractivity contribution is 5.78. The lowest BCUT2D eigenvalue weighted by molar-refractivity contribution is -0.149. The molecule has 0 radical (unpaired) electrons. The molecule has 1 aromatic carbocycles. The number of phenolic OH excluding ortho intramolecular Hbond substituents is 1. The van der Waals surface area contributed by atoms with Gasteiger partial charge in [-0.25, -0.2) is 0 Å². The summed E-state index contributed by atoms with van der Waals surface area (Å²) in [6, 6.07) is 7.29. The number of carboxylic acids is 1. The van der Waals surface area contributed by atoms with Crippen LogP contribution in [0.5, 0.6) is 5.75 Å². The Morgan fingerprint density at radius 1 is 1.42 bits per heavy atom. The Morgan fingerprint density at radius 3 is 2.63 bits per heavy atom. The normalized spacial score (nSPS) is 25.4. The molecule has 0 bridgehead atoms. The number of carbonyl (C=O) groups is 1. The van der Waals surface area contributed by atoms with Crippen molar-refractivity contribution in [2.24, 2.45) is 0 Å². The second-order valence-corrected chi connectivity index (χ2v) is 5.60. The molecular weight excluding hydrogens is 242 g/mol. The number of nitrogens with zero attached hydrogens (tertiary/aromatic N) is 1. The molecule has 1 heterocycles. The monoisotopic (exact) mass is 263 g/mol. The van der Waals surface area contributed by atoms with Crippen LogP contribution in [0.25, 0.3) is 0 Å². The molecule has 0 aromatic heterocycles. The molecule has 104 valence electrons. The van der Waals surface area contributed by atoms with Crippen molar-refractivity contribution in [3.63, 3.8) is 0 Å². The SMILES string of the molecule is CC(Cc1ccc(O)cc1)N1CCCC1(C)C(=O)O. The average molecular weight is 263 g/mol. The summed E-state index contributed by atoms with van der Waals surface area (Å²) in [6.45, 7) is 4.72. The maximum absolute atomic E-state index is 11.5. The standard InChI is InChI=1S/C15H21NO3/c1-11(10-12-4-6-13(17)7-5-12)16-9-3-8-15(16,2)14(18)19/h4-7,11,17H,3,8-10H2,1-2H3,(H,18,19). The summed E-state index contributed by atoms with van der Waals surface area (Å²) in [5, 5.41) is 18.7. The second-order valence-electron chi connectivity index (χ2n) is 5.60. The Bertz CT molecular complexity index is 457. The molecule has 2 N–H and O–H groups in total. The van der Waals surface area contributed by atoms with E-state index in [0.717, 1.165) is 24.9 Å². The maximum atomic E-state index is 11.5. The van der Waals surface area contributed by atoms with Crippen molar-refractivity contribution < 1.29 is 15.0 Å². The van der Waals surface area contributed by atoms with Crippen LogP contribution in [0.2, 0.25) is 0 Å². The van der Waals surface area contributed by atoms with Gasteiger partial charge in [0.15, 0.2) is 0 Å². The Kier molecular flexibility index (Phi) is 3.80. The Morgan fingerprint density at radius 2 is 2.05 bits per heavy atom. The van der Waals surface area contributed by atoms with Crippen molar-refractivity contribution in [2.45, 2.75) is 44.7 Å². The lowest BCUT2D eigenvalue weighted by Crippen LogP contribution is -2.52. The van der Waals surface area contributed by atoms with E-state index in [1.165, 1.54) is 0 Å². The van der Waals surface area contributed by atoms with E-state index >= 15 is 0 Å². The number of phenols is 1. The highest BCUT2D eigenvalue weighted by Crippen LogP contribution is 2.32. The van der Waals surface area contributed by atoms with E-state index in [1.54, 1.807) is 12.1 Å². The molecule has 0 aliphatic carbocycles. The Hall–Kier alpha value is -1.55. The van der Waals surface area contributed by atoms with Crippen LogP contribution in [-0.4, -0.2) is 39.2 Å². The number of benzene rings is 1. The second kappa shape index (κ2) is 5.21. The first kappa shape index (κ1) is 13.9. The first-order valence-electron chi connectivity index (χ1n) is 6.71. The molecule has 2 atom stereocenters. The fourth-order valence-electron chi connectivity index (χ4n) is 3.00. The third-order valence-electron chi connectivity index (χ3n) is 4.16. The molecule has 1 aliphatic rings. The van der Waals surface area contributed by atoms with Gasteiger partial charge in [0.25, 0.3) is 0 Å². The van der Waals surface area contributed by atoms with E-state index in [4.69, 9.17) is 0 Å². The van der Waals surface area contributed by atoms with Gasteiger partial charge in [-0.15, -0.1) is 0 Å². The first-order chi connectivity index (χ1) is 8.93. The largest absolute Gasteiger partial charge is 0.508 e. The number of carboxylic acid groups (broad SMARTS) is 1. The fourth-order valence-corrected chi connectivity index (χ4v) is 3.00. The summed E-state index contributed by atoms with van der Waals surface area (Å²) in [6.07, 6.45) is 2.44. The summed E-state index contributed by atoms with van der Waals surface area (Å²) < 4.78 is 0. The third kappa shape index (κ3) is 2.73. The Balaban J connectivity index is 2.09. The van der Waals surface area contributed by atoms with Crippen LogP contribution >= 0.6 is 0 Å². The van der Waals surface area contributed by atoms with Crippen molar-refractivity contribution >= 4 is 5.97 Å². The molecule has 4 nitrogen and oxygen atoms in total. The third-order valence-corrected chi connectivity index (χ3v) is 4.16. The van der Waals surface area contributed by atoms with Crippen LogP contribution in [0, 0.1) is 0 Å². The van der Waals surface area contributed by atoms with E-state index in [9.17, 15) is 15.0 Å². The maximum Gasteiger partial charge on any atom is 0.323 e. The van der Waals surface area contributed by atoms with Crippen molar-refractivity contribution in [2.75, 3.05) is 6.54 Å². The van der Waals surface area contributed by atoms with Crippen molar-refractivity contribution in [1.82, 2.24) is 4.90 Å². The lowest BCUT2D eigenvalue weighted by atomic mass is 9.96. The zero-order valence-corrected chi connectivity index (χ0v) is 11.5. The van der Waals surface area contributed by atoms with Gasteiger partial charge in [-0.1, -0.05) is 12.1 Å². The van der Waals surface area contributed by atoms with Gasteiger partial charge in [-0.05, 0) is 57.4 Å². The van der Waals surface area contributed by atoms with Crippen LogP contribution in [0.1, 0.15) is 32.3 Å². The van der Waals surface area contributed by atoms with Crippen molar-refractivity contribution in [3.8, 4) is 5.75 Å². The van der Waals surface area contributed by atoms with Gasteiger partial charge in [-0.3, -0.25) is 9.69 Å². The molecular formula is C15H21NO3. The molecule has 1 aromatic rings. The van der Waals surface area contributed by atoms with Crippen LogP contribution in [0.15, 0.2) is 24.3 Å². The summed E-state index contributed by atoms with van der Waals surface area (Å²) >= 11 is 0. The van der Waals surface area contributed by atoms with Gasteiger partial charge in [0, 0.05) is 6.04 Å². The van der Waals surface area contributed by atoms with Gasteiger partial charge in [0.2, 0.25) is 0 Å². The molecule has 1 aliphatic heterocycles. The quantitative estimate of drug-likeness (QED) is 0.874. The van der Waals surface area contributed by atoms with Gasteiger partial charge in [-0.2, -0.15) is 0 Å². The van der Waals surface area contributed by atoms with Crippen LogP contribution in [0.3, 0.4) is 0 Å². The summed E-state index contributed by atoms with van der Waals surface area (Å²) in [5.74, 6) is -0.476. The summed E-state index contributed by atoms with van der Waals surface area (Å²) in [5.41, 5.74) is 0.376. The molecule has 0 saturated carbocycles. The predicted octanol–water partition coefficient (Wildman–Crippen LogP) is 2.26. The molecule has 19 heavy (non-hydrogen) atoms. The number of hydrogen-bond donors (Lipinski definition) is 2. The molecule has 2 rings (SSSR count). The minimum Gasteiger partial charge on any atom is -0.508 e. The molecule has 0 amide bonds. The highest BCUT2D eigenvalue weighted by atomic mass is 16.4. The van der Waals surface area contributed by atoms with Gasteiger partial charge in [0.1, 0.15) is 11.3 Å². The van der Waals surface area contributed by atoms with Crippen LogP contribution in [-0.2, 0) is 11.2 Å². The minimum absolute atomic E-state index is 0.174. The molecule has 0 spiro atoms. The van der Waals surface area contributed by atoms with Gasteiger partial charge in [0.05, 0.1) is 0 Å². The number of likely N-dealkylation sites (tertiary alicyclic amines) is 1. The van der Waals surface area contributed by atoms with E-state index in [1.807, 2.05) is 19.1 Å². The average Bonchev–Trinajstić information content (AvgIpc) is 2.76. The number of aromatic hydroxyl groups is 1. The zero-order valence-electron chi connectivity index (χ0n) is 11.5. The van der Waals surface area contributed by atoms with Gasteiger partial charge < -0.3 is 10.2 Å². The fraction of sp³-hybridized carbons (Fsp3) is 0.533. The topological polar surface area (TPSA) is 60.8 Å². The smallest absolute Gasteiger partial charge is 0.323 e. The lowest BCUT2D eigenvalue weighted by Gasteiger charge is -2.36. The molecule has 1 saturated heterocycles. The highest BCUT2D eigenvalue weighted by Gasteiger charge is 2.45. The van der Waals surface area contributed by atoms with E-state index in [2.05, 4.69) is 11.8 Å². The van der Waals surface area contributed by atoms with Crippen LogP contribution < -0.4 is 0 Å². The number of aliphatic carboxylic acids is 1. The van der Waals surface area contributed by atoms with E-state index in [0.29, 0.717) is 6.42 Å². The predicted molar refractivity (Wildman–Crippen MR) is 73.3 cm³/mol.